The van der Waals surface area contributed by atoms with Crippen LogP contribution in [0.25, 0.3) is 23.0 Å². The van der Waals surface area contributed by atoms with E-state index in [0.717, 1.165) is 35.0 Å². The predicted molar refractivity (Wildman–Crippen MR) is 131 cm³/mol. The molecule has 1 aliphatic heterocycles. The van der Waals surface area contributed by atoms with Gasteiger partial charge in [-0.15, -0.1) is 10.2 Å². The lowest BCUT2D eigenvalue weighted by Gasteiger charge is -2.37. The second-order valence-corrected chi connectivity index (χ2v) is 8.40. The minimum absolute atomic E-state index is 0.158. The van der Waals surface area contributed by atoms with Crippen LogP contribution in [0.1, 0.15) is 36.6 Å². The van der Waals surface area contributed by atoms with Crippen LogP contribution < -0.4 is 4.90 Å². The molecule has 0 spiro atoms. The number of fused-ring (bicyclic) bond motifs is 3. The molecule has 0 aliphatic carbocycles. The van der Waals surface area contributed by atoms with Crippen molar-refractivity contribution in [3.8, 4) is 29.1 Å². The highest BCUT2D eigenvalue weighted by Gasteiger charge is 2.36. The highest BCUT2D eigenvalue weighted by Crippen LogP contribution is 2.43. The average Bonchev–Trinajstić information content (AvgIpc) is 3.55. The van der Waals surface area contributed by atoms with Crippen LogP contribution in [-0.4, -0.2) is 34.3 Å². The molecule has 3 aromatic heterocycles. The number of anilines is 2. The summed E-state index contributed by atoms with van der Waals surface area (Å²) in [5.74, 6) is 2.88. The maximum atomic E-state index is 13.5. The SMILES string of the molecule is CC[C@H]1c2nnc(C)n2-c2cnc(-n3ccnc3-c3ccc(F)cc3)nc2N1c1cccc(C#N)c1. The smallest absolute Gasteiger partial charge is 0.237 e. The second kappa shape index (κ2) is 8.39. The highest BCUT2D eigenvalue weighted by atomic mass is 19.1. The largest absolute Gasteiger partial charge is 0.314 e. The molecule has 176 valence electrons. The molecular weight excluding hydrogens is 457 g/mol. The van der Waals surface area contributed by atoms with Gasteiger partial charge in [-0.2, -0.15) is 10.2 Å². The van der Waals surface area contributed by atoms with Gasteiger partial charge in [0.1, 0.15) is 23.2 Å². The summed E-state index contributed by atoms with van der Waals surface area (Å²) in [7, 11) is 0. The molecule has 9 nitrogen and oxygen atoms in total. The van der Waals surface area contributed by atoms with Gasteiger partial charge in [0.05, 0.1) is 23.9 Å². The van der Waals surface area contributed by atoms with E-state index in [2.05, 4.69) is 38.1 Å². The summed E-state index contributed by atoms with van der Waals surface area (Å²) in [4.78, 5) is 16.2. The zero-order chi connectivity index (χ0) is 24.8. The Balaban J connectivity index is 1.57. The van der Waals surface area contributed by atoms with Gasteiger partial charge in [-0.25, -0.2) is 14.4 Å². The zero-order valence-electron chi connectivity index (χ0n) is 19.5. The van der Waals surface area contributed by atoms with Gasteiger partial charge in [0.2, 0.25) is 5.95 Å². The van der Waals surface area contributed by atoms with Gasteiger partial charge in [-0.05, 0) is 55.8 Å². The third-order valence-corrected chi connectivity index (χ3v) is 6.26. The maximum absolute atomic E-state index is 13.5. The van der Waals surface area contributed by atoms with E-state index in [-0.39, 0.29) is 11.9 Å². The maximum Gasteiger partial charge on any atom is 0.237 e. The minimum Gasteiger partial charge on any atom is -0.314 e. The van der Waals surface area contributed by atoms with Crippen LogP contribution in [0.3, 0.4) is 0 Å². The van der Waals surface area contributed by atoms with Crippen LogP contribution in [-0.2, 0) is 0 Å². The van der Waals surface area contributed by atoms with Crippen LogP contribution in [0.15, 0.2) is 67.1 Å². The van der Waals surface area contributed by atoms with Gasteiger partial charge < -0.3 is 4.90 Å². The number of rotatable bonds is 4. The number of nitrogens with zero attached hydrogens (tertiary/aromatic N) is 9. The molecule has 5 aromatic rings. The Kier molecular flexibility index (Phi) is 5.04. The lowest BCUT2D eigenvalue weighted by molar-refractivity contribution is 0.586. The summed E-state index contributed by atoms with van der Waals surface area (Å²) in [6.07, 6.45) is 5.92. The Morgan fingerprint density at radius 3 is 2.69 bits per heavy atom. The van der Waals surface area contributed by atoms with Crippen molar-refractivity contribution in [3.05, 3.63) is 90.2 Å². The molecule has 0 radical (unpaired) electrons. The number of nitriles is 1. The molecule has 0 amide bonds. The van der Waals surface area contributed by atoms with Crippen molar-refractivity contribution < 1.29 is 4.39 Å². The number of benzene rings is 2. The van der Waals surface area contributed by atoms with E-state index >= 15 is 0 Å². The van der Waals surface area contributed by atoms with E-state index in [1.54, 1.807) is 41.4 Å². The first kappa shape index (κ1) is 21.6. The van der Waals surface area contributed by atoms with Gasteiger partial charge in [0, 0.05) is 23.6 Å². The fraction of sp³-hybridized carbons (Fsp3) is 0.154. The van der Waals surface area contributed by atoms with Crippen molar-refractivity contribution in [2.75, 3.05) is 4.90 Å². The van der Waals surface area contributed by atoms with E-state index in [1.165, 1.54) is 12.1 Å². The van der Waals surface area contributed by atoms with Crippen LogP contribution in [0.2, 0.25) is 0 Å². The van der Waals surface area contributed by atoms with Crippen molar-refractivity contribution in [1.29, 1.82) is 5.26 Å². The molecular formula is C26H20FN9. The lowest BCUT2D eigenvalue weighted by atomic mass is 10.1. The molecule has 10 heteroatoms. The molecule has 0 saturated heterocycles. The highest BCUT2D eigenvalue weighted by molar-refractivity contribution is 5.73. The predicted octanol–water partition coefficient (Wildman–Crippen LogP) is 4.83. The standard InChI is InChI=1S/C26H20FN9/c1-3-21-25-33-32-16(2)35(25)22-15-30-26(31-24(22)36(21)20-6-4-5-17(13-20)14-28)34-12-11-29-23(34)18-7-9-19(27)10-8-18/h4-13,15,21H,3H2,1-2H3/t21-/m0/s1. The second-order valence-electron chi connectivity index (χ2n) is 8.40. The van der Waals surface area contributed by atoms with Crippen molar-refractivity contribution in [3.63, 3.8) is 0 Å². The molecule has 36 heavy (non-hydrogen) atoms. The Hall–Kier alpha value is -4.91. The monoisotopic (exact) mass is 477 g/mol. The van der Waals surface area contributed by atoms with Gasteiger partial charge >= 0.3 is 0 Å². The van der Waals surface area contributed by atoms with Crippen molar-refractivity contribution >= 4 is 11.5 Å². The average molecular weight is 478 g/mol. The van der Waals surface area contributed by atoms with Gasteiger partial charge in [-0.1, -0.05) is 13.0 Å². The van der Waals surface area contributed by atoms with Gasteiger partial charge in [0.15, 0.2) is 11.6 Å². The van der Waals surface area contributed by atoms with Crippen molar-refractivity contribution in [2.24, 2.45) is 0 Å². The molecule has 6 rings (SSSR count). The molecule has 1 atom stereocenters. The summed E-state index contributed by atoms with van der Waals surface area (Å²) in [5, 5.41) is 18.3. The molecule has 0 unspecified atom stereocenters. The fourth-order valence-electron chi connectivity index (χ4n) is 4.63. The van der Waals surface area contributed by atoms with Gasteiger partial charge in [0.25, 0.3) is 0 Å². The molecule has 1 aliphatic rings. The molecule has 4 heterocycles. The number of aryl methyl sites for hydroxylation is 1. The van der Waals surface area contributed by atoms with E-state index in [1.807, 2.05) is 29.7 Å². The number of halogens is 1. The number of imidazole rings is 1. The first-order chi connectivity index (χ1) is 17.6. The van der Waals surface area contributed by atoms with E-state index in [0.29, 0.717) is 23.2 Å². The summed E-state index contributed by atoms with van der Waals surface area (Å²) >= 11 is 0. The molecule has 2 aromatic carbocycles. The van der Waals surface area contributed by atoms with Crippen molar-refractivity contribution in [2.45, 2.75) is 26.3 Å². The molecule has 0 bridgehead atoms. The number of hydrogen-bond acceptors (Lipinski definition) is 7. The lowest BCUT2D eigenvalue weighted by Crippen LogP contribution is -2.33. The zero-order valence-corrected chi connectivity index (χ0v) is 19.5. The third kappa shape index (κ3) is 3.32. The fourth-order valence-corrected chi connectivity index (χ4v) is 4.63. The topological polar surface area (TPSA) is 101 Å². The molecule has 0 saturated carbocycles. The normalized spacial score (nSPS) is 14.3. The first-order valence-corrected chi connectivity index (χ1v) is 11.5. The van der Waals surface area contributed by atoms with Crippen LogP contribution >= 0.6 is 0 Å². The first-order valence-electron chi connectivity index (χ1n) is 11.5. The van der Waals surface area contributed by atoms with E-state index in [9.17, 15) is 9.65 Å². The summed E-state index contributed by atoms with van der Waals surface area (Å²) in [5.41, 5.74) is 2.86. The van der Waals surface area contributed by atoms with E-state index in [4.69, 9.17) is 4.98 Å². The van der Waals surface area contributed by atoms with Crippen LogP contribution in [0.4, 0.5) is 15.9 Å². The Morgan fingerprint density at radius 1 is 1.08 bits per heavy atom. The molecule has 0 N–H and O–H groups in total. The Bertz CT molecular complexity index is 1630. The van der Waals surface area contributed by atoms with Crippen molar-refractivity contribution in [1.82, 2.24) is 34.3 Å². The summed E-state index contributed by atoms with van der Waals surface area (Å²) in [6.45, 7) is 3.98. The van der Waals surface area contributed by atoms with E-state index < -0.39 is 0 Å². The third-order valence-electron chi connectivity index (χ3n) is 6.26. The Labute approximate surface area is 206 Å². The van der Waals surface area contributed by atoms with Crippen LogP contribution in [0, 0.1) is 24.1 Å². The van der Waals surface area contributed by atoms with Crippen LogP contribution in [0.5, 0.6) is 0 Å². The number of hydrogen-bond donors (Lipinski definition) is 0. The Morgan fingerprint density at radius 2 is 1.92 bits per heavy atom. The summed E-state index contributed by atoms with van der Waals surface area (Å²) in [6, 6.07) is 15.6. The summed E-state index contributed by atoms with van der Waals surface area (Å²) < 4.78 is 17.3. The number of aromatic nitrogens is 7. The molecule has 0 fully saturated rings. The van der Waals surface area contributed by atoms with Gasteiger partial charge in [-0.3, -0.25) is 9.13 Å². The minimum atomic E-state index is -0.317. The quantitative estimate of drug-likeness (QED) is 0.365.